The van der Waals surface area contributed by atoms with Gasteiger partial charge < -0.3 is 19.9 Å². The first-order valence-electron chi connectivity index (χ1n) is 8.90. The molecule has 8 heteroatoms. The summed E-state index contributed by atoms with van der Waals surface area (Å²) < 4.78 is 7.29. The largest absolute Gasteiger partial charge is 0.497 e. The van der Waals surface area contributed by atoms with Crippen molar-refractivity contribution in [3.05, 3.63) is 41.5 Å². The number of ether oxygens (including phenoxy) is 1. The maximum atomic E-state index is 5.21. The molecular formula is C19H30N6OS. The molecule has 0 fully saturated rings. The van der Waals surface area contributed by atoms with Crippen molar-refractivity contribution in [2.24, 2.45) is 12.0 Å². The van der Waals surface area contributed by atoms with Crippen LogP contribution in [0.15, 0.2) is 29.3 Å². The van der Waals surface area contributed by atoms with Gasteiger partial charge in [0, 0.05) is 18.3 Å². The zero-order valence-electron chi connectivity index (χ0n) is 17.0. The Labute approximate surface area is 166 Å². The van der Waals surface area contributed by atoms with Crippen molar-refractivity contribution in [1.82, 2.24) is 25.4 Å². The van der Waals surface area contributed by atoms with Gasteiger partial charge in [0.05, 0.1) is 20.2 Å². The third-order valence-electron chi connectivity index (χ3n) is 4.41. The van der Waals surface area contributed by atoms with E-state index in [0.29, 0.717) is 13.1 Å². The number of methoxy groups -OCH3 is 1. The van der Waals surface area contributed by atoms with E-state index in [-0.39, 0.29) is 4.75 Å². The zero-order valence-corrected chi connectivity index (χ0v) is 17.9. The number of benzene rings is 1. The van der Waals surface area contributed by atoms with Crippen LogP contribution in [0.4, 0.5) is 0 Å². The normalized spacial score (nSPS) is 12.1. The lowest BCUT2D eigenvalue weighted by Gasteiger charge is -2.24. The quantitative estimate of drug-likeness (QED) is 0.533. The van der Waals surface area contributed by atoms with Crippen LogP contribution in [0, 0.1) is 6.92 Å². The Morgan fingerprint density at radius 3 is 2.48 bits per heavy atom. The second-order valence-corrected chi connectivity index (χ2v) is 8.42. The first-order chi connectivity index (χ1) is 12.8. The standard InChI is InChI=1S/C19H30N6OS/c1-14-23-24-17(25(14)4)12-21-18(22-13-19(2,3)27-6)20-11-15-7-9-16(26-5)10-8-15/h7-10H,11-13H2,1-6H3,(H2,20,21,22). The van der Waals surface area contributed by atoms with Crippen molar-refractivity contribution < 1.29 is 4.74 Å². The molecule has 2 aromatic rings. The number of hydrogen-bond donors (Lipinski definition) is 2. The molecule has 0 aliphatic heterocycles. The minimum absolute atomic E-state index is 0.115. The minimum atomic E-state index is 0.115. The molecule has 2 rings (SSSR count). The molecule has 0 saturated heterocycles. The number of nitrogens with one attached hydrogen (secondary N) is 2. The van der Waals surface area contributed by atoms with Crippen LogP contribution in [0.1, 0.15) is 31.1 Å². The van der Waals surface area contributed by atoms with Crippen molar-refractivity contribution in [1.29, 1.82) is 0 Å². The van der Waals surface area contributed by atoms with Gasteiger partial charge in [-0.2, -0.15) is 11.8 Å². The summed E-state index contributed by atoms with van der Waals surface area (Å²) in [7, 11) is 3.63. The van der Waals surface area contributed by atoms with E-state index in [1.165, 1.54) is 0 Å². The summed E-state index contributed by atoms with van der Waals surface area (Å²) in [5.74, 6) is 3.36. The van der Waals surface area contributed by atoms with E-state index in [1.54, 1.807) is 7.11 Å². The lowest BCUT2D eigenvalue weighted by atomic mass is 10.2. The number of hydrogen-bond acceptors (Lipinski definition) is 5. The van der Waals surface area contributed by atoms with Gasteiger partial charge in [-0.25, -0.2) is 4.99 Å². The highest BCUT2D eigenvalue weighted by molar-refractivity contribution is 7.99. The van der Waals surface area contributed by atoms with E-state index in [2.05, 4.69) is 40.9 Å². The Bertz CT molecular complexity index is 754. The van der Waals surface area contributed by atoms with Gasteiger partial charge in [0.15, 0.2) is 11.8 Å². The highest BCUT2D eigenvalue weighted by atomic mass is 32.2. The SMILES string of the molecule is COc1ccc(CN=C(NCc2nnc(C)n2C)NCC(C)(C)SC)cc1. The number of aryl methyl sites for hydroxylation is 1. The van der Waals surface area contributed by atoms with Crippen LogP contribution >= 0.6 is 11.8 Å². The summed E-state index contributed by atoms with van der Waals surface area (Å²) in [4.78, 5) is 4.73. The van der Waals surface area contributed by atoms with Gasteiger partial charge in [0.1, 0.15) is 11.6 Å². The van der Waals surface area contributed by atoms with Gasteiger partial charge in [-0.1, -0.05) is 12.1 Å². The second-order valence-electron chi connectivity index (χ2n) is 6.91. The number of aromatic nitrogens is 3. The Morgan fingerprint density at radius 2 is 1.93 bits per heavy atom. The van der Waals surface area contributed by atoms with E-state index in [4.69, 9.17) is 9.73 Å². The van der Waals surface area contributed by atoms with Crippen LogP contribution in [0.5, 0.6) is 5.75 Å². The summed E-state index contributed by atoms with van der Waals surface area (Å²) in [6.45, 7) is 8.30. The first-order valence-corrected chi connectivity index (χ1v) is 10.1. The molecule has 0 aliphatic rings. The van der Waals surface area contributed by atoms with E-state index in [0.717, 1.165) is 35.5 Å². The van der Waals surface area contributed by atoms with Crippen LogP contribution in [-0.4, -0.2) is 45.4 Å². The summed E-state index contributed by atoms with van der Waals surface area (Å²) in [6, 6.07) is 7.95. The van der Waals surface area contributed by atoms with Crippen molar-refractivity contribution >= 4 is 17.7 Å². The van der Waals surface area contributed by atoms with E-state index < -0.39 is 0 Å². The predicted molar refractivity (Wildman–Crippen MR) is 112 cm³/mol. The molecule has 0 bridgehead atoms. The fraction of sp³-hybridized carbons (Fsp3) is 0.526. The van der Waals surface area contributed by atoms with Gasteiger partial charge in [-0.3, -0.25) is 0 Å². The van der Waals surface area contributed by atoms with E-state index in [1.807, 2.05) is 54.6 Å². The van der Waals surface area contributed by atoms with Crippen LogP contribution in [0.3, 0.4) is 0 Å². The van der Waals surface area contributed by atoms with Crippen molar-refractivity contribution in [3.8, 4) is 5.75 Å². The fourth-order valence-corrected chi connectivity index (χ4v) is 2.43. The summed E-state index contributed by atoms with van der Waals surface area (Å²) in [5, 5.41) is 15.1. The molecule has 0 spiro atoms. The zero-order chi connectivity index (χ0) is 19.9. The minimum Gasteiger partial charge on any atom is -0.497 e. The molecule has 0 radical (unpaired) electrons. The molecule has 0 aliphatic carbocycles. The molecule has 0 amide bonds. The first kappa shape index (κ1) is 21.1. The van der Waals surface area contributed by atoms with Crippen LogP contribution in [0.25, 0.3) is 0 Å². The highest BCUT2D eigenvalue weighted by Crippen LogP contribution is 2.19. The molecule has 1 aromatic carbocycles. The molecule has 7 nitrogen and oxygen atoms in total. The molecule has 2 N–H and O–H groups in total. The molecule has 0 unspecified atom stereocenters. The Morgan fingerprint density at radius 1 is 1.22 bits per heavy atom. The van der Waals surface area contributed by atoms with Crippen molar-refractivity contribution in [3.63, 3.8) is 0 Å². The molecular weight excluding hydrogens is 360 g/mol. The average Bonchev–Trinajstić information content (AvgIpc) is 3.00. The number of nitrogens with zero attached hydrogens (tertiary/aromatic N) is 4. The van der Waals surface area contributed by atoms with E-state index >= 15 is 0 Å². The second kappa shape index (κ2) is 9.64. The lowest BCUT2D eigenvalue weighted by molar-refractivity contribution is 0.414. The van der Waals surface area contributed by atoms with Gasteiger partial charge in [-0.05, 0) is 44.7 Å². The van der Waals surface area contributed by atoms with Gasteiger partial charge in [0.25, 0.3) is 0 Å². The van der Waals surface area contributed by atoms with Crippen molar-refractivity contribution in [2.45, 2.75) is 38.6 Å². The van der Waals surface area contributed by atoms with Crippen molar-refractivity contribution in [2.75, 3.05) is 19.9 Å². The summed E-state index contributed by atoms with van der Waals surface area (Å²) in [6.07, 6.45) is 2.12. The van der Waals surface area contributed by atoms with Gasteiger partial charge in [-0.15, -0.1) is 10.2 Å². The molecule has 1 aromatic heterocycles. The van der Waals surface area contributed by atoms with Gasteiger partial charge >= 0.3 is 0 Å². The number of aliphatic imine (C=N–C) groups is 1. The monoisotopic (exact) mass is 390 g/mol. The Kier molecular flexibility index (Phi) is 7.53. The number of rotatable bonds is 8. The third kappa shape index (κ3) is 6.46. The highest BCUT2D eigenvalue weighted by Gasteiger charge is 2.16. The maximum absolute atomic E-state index is 5.21. The summed E-state index contributed by atoms with van der Waals surface area (Å²) in [5.41, 5.74) is 1.12. The lowest BCUT2D eigenvalue weighted by Crippen LogP contribution is -2.43. The molecule has 0 atom stereocenters. The van der Waals surface area contributed by atoms with Crippen LogP contribution < -0.4 is 15.4 Å². The number of guanidine groups is 1. The predicted octanol–water partition coefficient (Wildman–Crippen LogP) is 2.51. The van der Waals surface area contributed by atoms with Gasteiger partial charge in [0.2, 0.25) is 0 Å². The smallest absolute Gasteiger partial charge is 0.192 e. The molecule has 148 valence electrons. The molecule has 1 heterocycles. The van der Waals surface area contributed by atoms with Crippen LogP contribution in [0.2, 0.25) is 0 Å². The molecule has 27 heavy (non-hydrogen) atoms. The Balaban J connectivity index is 2.06. The molecule has 0 saturated carbocycles. The maximum Gasteiger partial charge on any atom is 0.192 e. The van der Waals surface area contributed by atoms with Crippen LogP contribution in [-0.2, 0) is 20.1 Å². The fourth-order valence-electron chi connectivity index (χ4n) is 2.21. The summed E-state index contributed by atoms with van der Waals surface area (Å²) >= 11 is 1.82. The number of thioether (sulfide) groups is 1. The topological polar surface area (TPSA) is 76.4 Å². The van der Waals surface area contributed by atoms with E-state index in [9.17, 15) is 0 Å². The average molecular weight is 391 g/mol. The third-order valence-corrected chi connectivity index (χ3v) is 5.66. The Hall–Kier alpha value is -2.22.